The highest BCUT2D eigenvalue weighted by Crippen LogP contribution is 2.07. The van der Waals surface area contributed by atoms with Crippen molar-refractivity contribution in [2.75, 3.05) is 12.4 Å². The van der Waals surface area contributed by atoms with Gasteiger partial charge in [0.1, 0.15) is 6.67 Å². The maximum atomic E-state index is 11.8. The standard InChI is InChI=1S/C9H11FOS/c1-8-2-4-9(5-3-8)12(11)7-6-10/h2-5H,6-7H2,1H3/t12-/m1/s1. The Labute approximate surface area is 74.1 Å². The number of rotatable bonds is 3. The molecule has 0 radical (unpaired) electrons. The second kappa shape index (κ2) is 4.36. The van der Waals surface area contributed by atoms with Gasteiger partial charge in [-0.05, 0) is 19.1 Å². The summed E-state index contributed by atoms with van der Waals surface area (Å²) in [6.45, 7) is 1.43. The van der Waals surface area contributed by atoms with Crippen molar-refractivity contribution in [2.45, 2.75) is 11.8 Å². The molecule has 1 atom stereocenters. The molecule has 0 aromatic heterocycles. The third-order valence-corrected chi connectivity index (χ3v) is 2.87. The van der Waals surface area contributed by atoms with E-state index in [0.717, 1.165) is 5.56 Å². The Bertz CT molecular complexity index is 268. The molecular weight excluding hydrogens is 175 g/mol. The predicted octanol–water partition coefficient (Wildman–Crippen LogP) is 2.07. The van der Waals surface area contributed by atoms with E-state index in [9.17, 15) is 8.60 Å². The van der Waals surface area contributed by atoms with Crippen molar-refractivity contribution in [3.63, 3.8) is 0 Å². The first-order chi connectivity index (χ1) is 5.74. The van der Waals surface area contributed by atoms with Gasteiger partial charge in [-0.1, -0.05) is 17.7 Å². The molecule has 0 aliphatic carbocycles. The number of hydrogen-bond acceptors (Lipinski definition) is 1. The lowest BCUT2D eigenvalue weighted by Gasteiger charge is -1.98. The Morgan fingerprint density at radius 3 is 2.42 bits per heavy atom. The number of hydrogen-bond donors (Lipinski definition) is 0. The summed E-state index contributed by atoms with van der Waals surface area (Å²) in [5, 5.41) is 0. The maximum absolute atomic E-state index is 11.8. The molecule has 0 spiro atoms. The molecule has 1 nitrogen and oxygen atoms in total. The molecule has 0 fully saturated rings. The fourth-order valence-corrected chi connectivity index (χ4v) is 1.69. The van der Waals surface area contributed by atoms with Crippen molar-refractivity contribution in [3.05, 3.63) is 29.8 Å². The van der Waals surface area contributed by atoms with Gasteiger partial charge in [0.25, 0.3) is 0 Å². The number of halogens is 1. The molecule has 0 bridgehead atoms. The first-order valence-electron chi connectivity index (χ1n) is 3.75. The minimum Gasteiger partial charge on any atom is -0.254 e. The molecule has 0 aliphatic rings. The van der Waals surface area contributed by atoms with Crippen molar-refractivity contribution in [1.29, 1.82) is 0 Å². The zero-order valence-electron chi connectivity index (χ0n) is 6.92. The molecule has 1 rings (SSSR count). The highest BCUT2D eigenvalue weighted by Gasteiger charge is 2.01. The van der Waals surface area contributed by atoms with E-state index >= 15 is 0 Å². The fraction of sp³-hybridized carbons (Fsp3) is 0.333. The SMILES string of the molecule is Cc1ccc([S@](=O)CCF)cc1. The van der Waals surface area contributed by atoms with Gasteiger partial charge in [0.15, 0.2) is 0 Å². The fourth-order valence-electron chi connectivity index (χ4n) is 0.878. The van der Waals surface area contributed by atoms with E-state index in [2.05, 4.69) is 0 Å². The lowest BCUT2D eigenvalue weighted by molar-refractivity contribution is 0.528. The van der Waals surface area contributed by atoms with Gasteiger partial charge in [0, 0.05) is 4.90 Å². The largest absolute Gasteiger partial charge is 0.254 e. The smallest absolute Gasteiger partial charge is 0.101 e. The van der Waals surface area contributed by atoms with E-state index in [1.807, 2.05) is 19.1 Å². The van der Waals surface area contributed by atoms with E-state index in [1.54, 1.807) is 12.1 Å². The molecule has 12 heavy (non-hydrogen) atoms. The molecule has 0 unspecified atom stereocenters. The average molecular weight is 186 g/mol. The minimum atomic E-state index is -1.17. The normalized spacial score (nSPS) is 12.8. The number of aryl methyl sites for hydroxylation is 1. The van der Waals surface area contributed by atoms with Gasteiger partial charge in [0.05, 0.1) is 16.6 Å². The van der Waals surface area contributed by atoms with Crippen LogP contribution in [0.3, 0.4) is 0 Å². The van der Waals surface area contributed by atoms with Gasteiger partial charge in [0.2, 0.25) is 0 Å². The first kappa shape index (κ1) is 9.39. The second-order valence-corrected chi connectivity index (χ2v) is 4.12. The number of benzene rings is 1. The van der Waals surface area contributed by atoms with Crippen molar-refractivity contribution >= 4 is 10.8 Å². The van der Waals surface area contributed by atoms with Gasteiger partial charge in [-0.2, -0.15) is 0 Å². The molecule has 3 heteroatoms. The van der Waals surface area contributed by atoms with Crippen LogP contribution >= 0.6 is 0 Å². The monoisotopic (exact) mass is 186 g/mol. The lowest BCUT2D eigenvalue weighted by atomic mass is 10.2. The van der Waals surface area contributed by atoms with Crippen LogP contribution in [0.1, 0.15) is 5.56 Å². The third kappa shape index (κ3) is 2.41. The van der Waals surface area contributed by atoms with Gasteiger partial charge in [-0.3, -0.25) is 8.60 Å². The van der Waals surface area contributed by atoms with E-state index in [1.165, 1.54) is 0 Å². The zero-order chi connectivity index (χ0) is 8.97. The molecular formula is C9H11FOS. The van der Waals surface area contributed by atoms with Gasteiger partial charge in [-0.15, -0.1) is 0 Å². The molecule has 0 saturated heterocycles. The van der Waals surface area contributed by atoms with Crippen LogP contribution in [0.25, 0.3) is 0 Å². The van der Waals surface area contributed by atoms with E-state index in [-0.39, 0.29) is 5.75 Å². The number of alkyl halides is 1. The van der Waals surface area contributed by atoms with Crippen LogP contribution in [0.5, 0.6) is 0 Å². The van der Waals surface area contributed by atoms with Crippen LogP contribution < -0.4 is 0 Å². The Morgan fingerprint density at radius 2 is 1.92 bits per heavy atom. The Kier molecular flexibility index (Phi) is 3.41. The van der Waals surface area contributed by atoms with Crippen LogP contribution in [0.15, 0.2) is 29.2 Å². The van der Waals surface area contributed by atoms with Gasteiger partial charge < -0.3 is 0 Å². The zero-order valence-corrected chi connectivity index (χ0v) is 7.73. The van der Waals surface area contributed by atoms with Crippen LogP contribution in [0.4, 0.5) is 4.39 Å². The maximum Gasteiger partial charge on any atom is 0.101 e. The highest BCUT2D eigenvalue weighted by molar-refractivity contribution is 7.85. The molecule has 0 saturated carbocycles. The second-order valence-electron chi connectivity index (χ2n) is 2.55. The quantitative estimate of drug-likeness (QED) is 0.706. The Morgan fingerprint density at radius 1 is 1.33 bits per heavy atom. The Balaban J connectivity index is 2.75. The van der Waals surface area contributed by atoms with Crippen LogP contribution in [-0.2, 0) is 10.8 Å². The molecule has 0 N–H and O–H groups in total. The molecule has 0 amide bonds. The Hall–Kier alpha value is -0.700. The summed E-state index contributed by atoms with van der Waals surface area (Å²) in [5.41, 5.74) is 1.12. The minimum absolute atomic E-state index is 0.100. The highest BCUT2D eigenvalue weighted by atomic mass is 32.2. The summed E-state index contributed by atoms with van der Waals surface area (Å²) in [5.74, 6) is 0.100. The summed E-state index contributed by atoms with van der Waals surface area (Å²) >= 11 is 0. The van der Waals surface area contributed by atoms with Crippen molar-refractivity contribution in [3.8, 4) is 0 Å². The van der Waals surface area contributed by atoms with Gasteiger partial charge >= 0.3 is 0 Å². The first-order valence-corrected chi connectivity index (χ1v) is 5.07. The van der Waals surface area contributed by atoms with E-state index in [0.29, 0.717) is 4.90 Å². The summed E-state index contributed by atoms with van der Waals surface area (Å²) in [6.07, 6.45) is 0. The van der Waals surface area contributed by atoms with Crippen molar-refractivity contribution in [2.24, 2.45) is 0 Å². The van der Waals surface area contributed by atoms with Crippen molar-refractivity contribution < 1.29 is 8.60 Å². The third-order valence-electron chi connectivity index (χ3n) is 1.55. The van der Waals surface area contributed by atoms with Crippen LogP contribution in [-0.4, -0.2) is 16.6 Å². The molecule has 0 heterocycles. The van der Waals surface area contributed by atoms with Crippen molar-refractivity contribution in [1.82, 2.24) is 0 Å². The molecule has 1 aromatic rings. The summed E-state index contributed by atoms with van der Waals surface area (Å²) in [7, 11) is -1.17. The molecule has 0 aliphatic heterocycles. The summed E-state index contributed by atoms with van der Waals surface area (Å²) < 4.78 is 23.0. The summed E-state index contributed by atoms with van der Waals surface area (Å²) in [4.78, 5) is 0.707. The summed E-state index contributed by atoms with van der Waals surface area (Å²) in [6, 6.07) is 7.32. The topological polar surface area (TPSA) is 17.1 Å². The van der Waals surface area contributed by atoms with Crippen LogP contribution in [0.2, 0.25) is 0 Å². The lowest BCUT2D eigenvalue weighted by Crippen LogP contribution is -1.99. The molecule has 66 valence electrons. The predicted molar refractivity (Wildman–Crippen MR) is 48.4 cm³/mol. The van der Waals surface area contributed by atoms with E-state index in [4.69, 9.17) is 0 Å². The average Bonchev–Trinajstić information content (AvgIpc) is 2.06. The van der Waals surface area contributed by atoms with Gasteiger partial charge in [-0.25, -0.2) is 0 Å². The molecule has 1 aromatic carbocycles. The van der Waals surface area contributed by atoms with E-state index < -0.39 is 17.5 Å². The van der Waals surface area contributed by atoms with Crippen LogP contribution in [0, 0.1) is 6.92 Å².